The molecule has 0 fully saturated rings. The van der Waals surface area contributed by atoms with E-state index < -0.39 is 0 Å². The highest BCUT2D eigenvalue weighted by Crippen LogP contribution is 2.32. The van der Waals surface area contributed by atoms with Crippen molar-refractivity contribution in [2.24, 2.45) is 0 Å². The third-order valence-corrected chi connectivity index (χ3v) is 5.51. The number of unbranched alkanes of at least 4 members (excludes halogenated alkanes) is 2. The lowest BCUT2D eigenvalue weighted by Gasteiger charge is -2.14. The molecule has 5 heteroatoms. The summed E-state index contributed by atoms with van der Waals surface area (Å²) < 4.78 is 5.73. The summed E-state index contributed by atoms with van der Waals surface area (Å²) in [4.78, 5) is 0. The number of aromatic hydroxyl groups is 1. The van der Waals surface area contributed by atoms with Crippen LogP contribution in [-0.4, -0.2) is 18.3 Å². The van der Waals surface area contributed by atoms with Crippen molar-refractivity contribution in [3.05, 3.63) is 57.1 Å². The van der Waals surface area contributed by atoms with Crippen molar-refractivity contribution in [3.8, 4) is 11.5 Å². The Labute approximate surface area is 185 Å². The molecule has 0 unspecified atom stereocenters. The molecule has 3 nitrogen and oxygen atoms in total. The Bertz CT molecular complexity index is 715. The minimum absolute atomic E-state index is 0.501. The summed E-state index contributed by atoms with van der Waals surface area (Å²) in [5.41, 5.74) is 3.39. The highest BCUT2D eigenvalue weighted by molar-refractivity contribution is 6.37. The Morgan fingerprint density at radius 1 is 0.931 bits per heavy atom. The molecule has 29 heavy (non-hydrogen) atoms. The first-order valence-electron chi connectivity index (χ1n) is 10.7. The molecule has 0 saturated carbocycles. The van der Waals surface area contributed by atoms with Crippen molar-refractivity contribution in [3.63, 3.8) is 0 Å². The number of para-hydroxylation sites is 1. The van der Waals surface area contributed by atoms with E-state index in [1.54, 1.807) is 18.2 Å². The Morgan fingerprint density at radius 3 is 2.07 bits per heavy atom. The predicted octanol–water partition coefficient (Wildman–Crippen LogP) is 6.94. The van der Waals surface area contributed by atoms with Crippen LogP contribution in [0.5, 0.6) is 11.5 Å². The summed E-state index contributed by atoms with van der Waals surface area (Å²) >= 11 is 12.2. The zero-order valence-electron chi connectivity index (χ0n) is 17.6. The molecule has 0 heterocycles. The molecule has 0 amide bonds. The fourth-order valence-electron chi connectivity index (χ4n) is 3.27. The molecule has 2 N–H and O–H groups in total. The average molecular weight is 438 g/mol. The van der Waals surface area contributed by atoms with Crippen LogP contribution in [-0.2, 0) is 19.4 Å². The minimum atomic E-state index is 0.501. The maximum absolute atomic E-state index is 10.6. The van der Waals surface area contributed by atoms with Gasteiger partial charge in [0.15, 0.2) is 5.75 Å². The van der Waals surface area contributed by atoms with Crippen molar-refractivity contribution in [2.75, 3.05) is 13.2 Å². The van der Waals surface area contributed by atoms with Gasteiger partial charge in [-0.2, -0.15) is 0 Å². The number of benzene rings is 2. The van der Waals surface area contributed by atoms with Gasteiger partial charge in [0.25, 0.3) is 0 Å². The number of ether oxygens (including phenoxy) is 1. The predicted molar refractivity (Wildman–Crippen MR) is 124 cm³/mol. The summed E-state index contributed by atoms with van der Waals surface area (Å²) in [5, 5.41) is 15.2. The quantitative estimate of drug-likeness (QED) is 0.333. The first kappa shape index (κ1) is 23.9. The van der Waals surface area contributed by atoms with Crippen LogP contribution >= 0.6 is 23.2 Å². The molecule has 0 radical (unpaired) electrons. The average Bonchev–Trinajstić information content (AvgIpc) is 2.71. The fraction of sp³-hybridized carbons (Fsp3) is 0.500. The lowest BCUT2D eigenvalue weighted by Crippen LogP contribution is -2.17. The Balaban J connectivity index is 1.85. The smallest absolute Gasteiger partial charge is 0.156 e. The van der Waals surface area contributed by atoms with Gasteiger partial charge in [-0.1, -0.05) is 68.1 Å². The van der Waals surface area contributed by atoms with Crippen molar-refractivity contribution in [1.82, 2.24) is 5.32 Å². The third-order valence-electron chi connectivity index (χ3n) is 4.92. The summed E-state index contributed by atoms with van der Waals surface area (Å²) in [6.45, 7) is 6.52. The van der Waals surface area contributed by atoms with Crippen molar-refractivity contribution < 1.29 is 9.84 Å². The van der Waals surface area contributed by atoms with E-state index in [0.29, 0.717) is 28.2 Å². The number of nitrogens with one attached hydrogen (secondary N) is 1. The number of phenols is 1. The van der Waals surface area contributed by atoms with E-state index in [2.05, 4.69) is 31.3 Å². The van der Waals surface area contributed by atoms with Crippen molar-refractivity contribution >= 4 is 23.2 Å². The van der Waals surface area contributed by atoms with E-state index >= 15 is 0 Å². The number of halogens is 2. The second kappa shape index (κ2) is 13.0. The number of rotatable bonds is 13. The number of hydrogen-bond acceptors (Lipinski definition) is 3. The van der Waals surface area contributed by atoms with E-state index in [9.17, 15) is 5.11 Å². The second-order valence-corrected chi connectivity index (χ2v) is 8.21. The largest absolute Gasteiger partial charge is 0.507 e. The summed E-state index contributed by atoms with van der Waals surface area (Å²) in [5.74, 6) is 1.05. The van der Waals surface area contributed by atoms with Gasteiger partial charge in [-0.05, 0) is 67.5 Å². The van der Waals surface area contributed by atoms with Gasteiger partial charge in [-0.25, -0.2) is 0 Å². The van der Waals surface area contributed by atoms with E-state index in [1.165, 1.54) is 5.56 Å². The molecule has 160 valence electrons. The van der Waals surface area contributed by atoms with Crippen LogP contribution in [0, 0.1) is 0 Å². The van der Waals surface area contributed by atoms with Gasteiger partial charge in [0.2, 0.25) is 0 Å². The maximum atomic E-state index is 10.6. The van der Waals surface area contributed by atoms with Crippen LogP contribution in [0.2, 0.25) is 10.0 Å². The molecule has 0 aliphatic carbocycles. The van der Waals surface area contributed by atoms with Gasteiger partial charge < -0.3 is 15.2 Å². The molecule has 0 aliphatic heterocycles. The van der Waals surface area contributed by atoms with Crippen molar-refractivity contribution in [2.45, 2.75) is 65.3 Å². The van der Waals surface area contributed by atoms with Crippen LogP contribution in [0.25, 0.3) is 0 Å². The number of phenolic OH excluding ortho intramolecular Hbond substituents is 1. The summed E-state index contributed by atoms with van der Waals surface area (Å²) in [6, 6.07) is 9.65. The third kappa shape index (κ3) is 7.73. The molecule has 0 aromatic heterocycles. The van der Waals surface area contributed by atoms with E-state index in [1.807, 2.05) is 0 Å². The van der Waals surface area contributed by atoms with Crippen LogP contribution in [0.4, 0.5) is 0 Å². The van der Waals surface area contributed by atoms with E-state index in [4.69, 9.17) is 27.9 Å². The van der Waals surface area contributed by atoms with Crippen molar-refractivity contribution in [1.29, 1.82) is 0 Å². The van der Waals surface area contributed by atoms with Crippen LogP contribution in [0.1, 0.15) is 62.6 Å². The molecule has 0 saturated heterocycles. The molecule has 0 atom stereocenters. The minimum Gasteiger partial charge on any atom is -0.507 e. The van der Waals surface area contributed by atoms with Gasteiger partial charge >= 0.3 is 0 Å². The molecular formula is C24H33Cl2NO2. The van der Waals surface area contributed by atoms with E-state index in [0.717, 1.165) is 69.2 Å². The SMILES string of the molecule is CCCCc1cc(CNCCCOc2c(Cl)cccc2Cl)cc(CCCC)c1O. The number of hydrogen-bond donors (Lipinski definition) is 2. The van der Waals surface area contributed by atoms with E-state index in [-0.39, 0.29) is 0 Å². The highest BCUT2D eigenvalue weighted by atomic mass is 35.5. The molecule has 2 aromatic carbocycles. The lowest BCUT2D eigenvalue weighted by atomic mass is 9.97. The van der Waals surface area contributed by atoms with Crippen LogP contribution < -0.4 is 10.1 Å². The molecule has 0 spiro atoms. The Hall–Kier alpha value is -1.42. The van der Waals surface area contributed by atoms with Crippen LogP contribution in [0.3, 0.4) is 0 Å². The fourth-order valence-corrected chi connectivity index (χ4v) is 3.78. The van der Waals surface area contributed by atoms with Gasteiger partial charge in [0, 0.05) is 6.54 Å². The number of aryl methyl sites for hydroxylation is 2. The van der Waals surface area contributed by atoms with Gasteiger partial charge in [0.1, 0.15) is 5.75 Å². The van der Waals surface area contributed by atoms with Gasteiger partial charge in [-0.3, -0.25) is 0 Å². The lowest BCUT2D eigenvalue weighted by molar-refractivity contribution is 0.308. The second-order valence-electron chi connectivity index (χ2n) is 7.40. The topological polar surface area (TPSA) is 41.5 Å². The first-order valence-corrected chi connectivity index (χ1v) is 11.4. The van der Waals surface area contributed by atoms with Gasteiger partial charge in [0.05, 0.1) is 16.7 Å². The maximum Gasteiger partial charge on any atom is 0.156 e. The highest BCUT2D eigenvalue weighted by Gasteiger charge is 2.10. The summed E-state index contributed by atoms with van der Waals surface area (Å²) in [6.07, 6.45) is 7.16. The first-order chi connectivity index (χ1) is 14.1. The molecule has 2 rings (SSSR count). The zero-order chi connectivity index (χ0) is 21.1. The standard InChI is InChI=1S/C24H33Cl2NO2/c1-3-5-9-19-15-18(16-20(23(19)28)10-6-4-2)17-27-13-8-14-29-24-21(25)11-7-12-22(24)26/h7,11-12,15-16,27-28H,3-6,8-10,13-14,17H2,1-2H3. The molecular weight excluding hydrogens is 405 g/mol. The Morgan fingerprint density at radius 2 is 1.52 bits per heavy atom. The normalized spacial score (nSPS) is 11.0. The molecule has 0 bridgehead atoms. The monoisotopic (exact) mass is 437 g/mol. The van der Waals surface area contributed by atoms with Gasteiger partial charge in [-0.15, -0.1) is 0 Å². The Kier molecular flexibility index (Phi) is 10.7. The molecule has 0 aliphatic rings. The molecule has 2 aromatic rings. The summed E-state index contributed by atoms with van der Waals surface area (Å²) in [7, 11) is 0. The van der Waals surface area contributed by atoms with Crippen LogP contribution in [0.15, 0.2) is 30.3 Å². The zero-order valence-corrected chi connectivity index (χ0v) is 19.1.